The Morgan fingerprint density at radius 3 is 2.60 bits per heavy atom. The molecule has 8 nitrogen and oxygen atoms in total. The number of amides is 1. The monoisotopic (exact) mass is 367 g/mol. The second-order valence-electron chi connectivity index (χ2n) is 6.75. The van der Waals surface area contributed by atoms with Crippen LogP contribution < -0.4 is 10.0 Å². The zero-order valence-corrected chi connectivity index (χ0v) is 15.4. The molecule has 2 N–H and O–H groups in total. The SMILES string of the molecule is Cc1nc2c(c(N3CCCC3)n1)CCN(C(=O)CCCS(N)(=O)=O)C2. The number of carbonyl (C=O) groups excluding carboxylic acids is 1. The lowest BCUT2D eigenvalue weighted by Crippen LogP contribution is -2.38. The van der Waals surface area contributed by atoms with Crippen molar-refractivity contribution in [3.63, 3.8) is 0 Å². The Hall–Kier alpha value is -1.74. The van der Waals surface area contributed by atoms with E-state index in [0.717, 1.165) is 42.4 Å². The molecule has 0 bridgehead atoms. The Morgan fingerprint density at radius 2 is 1.92 bits per heavy atom. The van der Waals surface area contributed by atoms with Gasteiger partial charge in [-0.25, -0.2) is 23.5 Å². The fourth-order valence-electron chi connectivity index (χ4n) is 3.52. The molecule has 25 heavy (non-hydrogen) atoms. The number of hydrogen-bond donors (Lipinski definition) is 1. The average molecular weight is 367 g/mol. The van der Waals surface area contributed by atoms with Crippen LogP contribution in [0.5, 0.6) is 0 Å². The van der Waals surface area contributed by atoms with E-state index in [1.807, 2.05) is 6.92 Å². The number of sulfonamides is 1. The fourth-order valence-corrected chi connectivity index (χ4v) is 4.06. The van der Waals surface area contributed by atoms with E-state index >= 15 is 0 Å². The number of rotatable bonds is 5. The van der Waals surface area contributed by atoms with Crippen LogP contribution in [0.4, 0.5) is 5.82 Å². The lowest BCUT2D eigenvalue weighted by Gasteiger charge is -2.31. The molecule has 0 spiro atoms. The summed E-state index contributed by atoms with van der Waals surface area (Å²) in [6.45, 7) is 5.02. The molecule has 0 radical (unpaired) electrons. The van der Waals surface area contributed by atoms with Gasteiger partial charge in [0.1, 0.15) is 11.6 Å². The maximum Gasteiger partial charge on any atom is 0.222 e. The molecular formula is C16H25N5O3S. The highest BCUT2D eigenvalue weighted by Gasteiger charge is 2.27. The van der Waals surface area contributed by atoms with Crippen LogP contribution in [-0.2, 0) is 27.8 Å². The number of carbonyl (C=O) groups is 1. The van der Waals surface area contributed by atoms with E-state index in [1.54, 1.807) is 4.90 Å². The van der Waals surface area contributed by atoms with Crippen molar-refractivity contribution in [2.24, 2.45) is 5.14 Å². The van der Waals surface area contributed by atoms with Crippen molar-refractivity contribution >= 4 is 21.7 Å². The van der Waals surface area contributed by atoms with E-state index < -0.39 is 10.0 Å². The van der Waals surface area contributed by atoms with Crippen LogP contribution in [0.1, 0.15) is 42.8 Å². The Labute approximate surface area is 148 Å². The minimum Gasteiger partial charge on any atom is -0.356 e. The fraction of sp³-hybridized carbons (Fsp3) is 0.688. The maximum absolute atomic E-state index is 12.4. The first kappa shape index (κ1) is 18.1. The molecular weight excluding hydrogens is 342 g/mol. The Morgan fingerprint density at radius 1 is 1.20 bits per heavy atom. The van der Waals surface area contributed by atoms with Crippen LogP contribution in [0.2, 0.25) is 0 Å². The summed E-state index contributed by atoms with van der Waals surface area (Å²) in [7, 11) is -3.52. The predicted molar refractivity (Wildman–Crippen MR) is 94.5 cm³/mol. The third kappa shape index (κ3) is 4.46. The van der Waals surface area contributed by atoms with Gasteiger partial charge in [-0.05, 0) is 32.6 Å². The number of hydrogen-bond acceptors (Lipinski definition) is 6. The van der Waals surface area contributed by atoms with E-state index in [2.05, 4.69) is 14.9 Å². The van der Waals surface area contributed by atoms with Crippen LogP contribution >= 0.6 is 0 Å². The van der Waals surface area contributed by atoms with Crippen molar-refractivity contribution < 1.29 is 13.2 Å². The summed E-state index contributed by atoms with van der Waals surface area (Å²) in [5.41, 5.74) is 2.07. The number of anilines is 1. The van der Waals surface area contributed by atoms with Gasteiger partial charge in [-0.2, -0.15) is 0 Å². The smallest absolute Gasteiger partial charge is 0.222 e. The number of aryl methyl sites for hydroxylation is 1. The quantitative estimate of drug-likeness (QED) is 0.804. The van der Waals surface area contributed by atoms with Gasteiger partial charge in [-0.3, -0.25) is 4.79 Å². The predicted octanol–water partition coefficient (Wildman–Crippen LogP) is 0.339. The molecule has 3 heterocycles. The lowest BCUT2D eigenvalue weighted by molar-refractivity contribution is -0.132. The first-order valence-electron chi connectivity index (χ1n) is 8.73. The largest absolute Gasteiger partial charge is 0.356 e. The molecule has 0 aliphatic carbocycles. The van der Waals surface area contributed by atoms with Gasteiger partial charge in [0.2, 0.25) is 15.9 Å². The van der Waals surface area contributed by atoms with Gasteiger partial charge < -0.3 is 9.80 Å². The molecule has 1 fully saturated rings. The van der Waals surface area contributed by atoms with Crippen LogP contribution in [0.15, 0.2) is 0 Å². The summed E-state index contributed by atoms with van der Waals surface area (Å²) in [4.78, 5) is 25.6. The van der Waals surface area contributed by atoms with Gasteiger partial charge >= 0.3 is 0 Å². The Kier molecular flexibility index (Phi) is 5.24. The van der Waals surface area contributed by atoms with Gasteiger partial charge in [-0.15, -0.1) is 0 Å². The molecule has 1 aromatic rings. The number of fused-ring (bicyclic) bond motifs is 1. The lowest BCUT2D eigenvalue weighted by atomic mass is 10.0. The summed E-state index contributed by atoms with van der Waals surface area (Å²) in [6.07, 6.45) is 3.55. The molecule has 0 atom stereocenters. The third-order valence-electron chi connectivity index (χ3n) is 4.73. The molecule has 1 amide bonds. The second-order valence-corrected chi connectivity index (χ2v) is 8.48. The molecule has 0 saturated carbocycles. The second kappa shape index (κ2) is 7.25. The van der Waals surface area contributed by atoms with E-state index in [4.69, 9.17) is 5.14 Å². The Bertz CT molecular complexity index is 759. The van der Waals surface area contributed by atoms with E-state index in [9.17, 15) is 13.2 Å². The molecule has 2 aliphatic rings. The highest BCUT2D eigenvalue weighted by molar-refractivity contribution is 7.89. The summed E-state index contributed by atoms with van der Waals surface area (Å²) < 4.78 is 22.0. The van der Waals surface area contributed by atoms with Gasteiger partial charge in [0.25, 0.3) is 0 Å². The third-order valence-corrected chi connectivity index (χ3v) is 5.59. The first-order valence-corrected chi connectivity index (χ1v) is 10.4. The standard InChI is InChI=1S/C16H25N5O3S/c1-12-18-14-11-21(15(22)5-4-10-25(17,23)24)9-6-13(14)16(19-12)20-7-2-3-8-20/h2-11H2,1H3,(H2,17,23,24). The van der Waals surface area contributed by atoms with Crippen molar-refractivity contribution in [2.45, 2.75) is 45.6 Å². The van der Waals surface area contributed by atoms with E-state index in [0.29, 0.717) is 13.1 Å². The average Bonchev–Trinajstić information content (AvgIpc) is 3.06. The zero-order chi connectivity index (χ0) is 18.0. The molecule has 3 rings (SSSR count). The van der Waals surface area contributed by atoms with Crippen LogP contribution in [0, 0.1) is 6.92 Å². The number of nitrogens with two attached hydrogens (primary N) is 1. The minimum absolute atomic E-state index is 0.0479. The molecule has 1 saturated heterocycles. The highest BCUT2D eigenvalue weighted by Crippen LogP contribution is 2.29. The van der Waals surface area contributed by atoms with Crippen LogP contribution in [0.3, 0.4) is 0 Å². The van der Waals surface area contributed by atoms with Crippen molar-refractivity contribution in [1.82, 2.24) is 14.9 Å². The van der Waals surface area contributed by atoms with Gasteiger partial charge in [0.05, 0.1) is 18.0 Å². The normalized spacial score (nSPS) is 17.7. The number of primary sulfonamides is 1. The first-order chi connectivity index (χ1) is 11.8. The van der Waals surface area contributed by atoms with Crippen molar-refractivity contribution in [3.05, 3.63) is 17.1 Å². The summed E-state index contributed by atoms with van der Waals surface area (Å²) >= 11 is 0. The summed E-state index contributed by atoms with van der Waals surface area (Å²) in [5.74, 6) is 1.54. The van der Waals surface area contributed by atoms with E-state index in [-0.39, 0.29) is 24.5 Å². The summed E-state index contributed by atoms with van der Waals surface area (Å²) in [6, 6.07) is 0. The topological polar surface area (TPSA) is 109 Å². The van der Waals surface area contributed by atoms with Crippen LogP contribution in [0.25, 0.3) is 0 Å². The van der Waals surface area contributed by atoms with Gasteiger partial charge in [0, 0.05) is 31.6 Å². The van der Waals surface area contributed by atoms with Crippen molar-refractivity contribution in [2.75, 3.05) is 30.3 Å². The van der Waals surface area contributed by atoms with Gasteiger partial charge in [-0.1, -0.05) is 0 Å². The molecule has 138 valence electrons. The Balaban J connectivity index is 1.69. The van der Waals surface area contributed by atoms with E-state index in [1.165, 1.54) is 12.8 Å². The van der Waals surface area contributed by atoms with Crippen molar-refractivity contribution in [1.29, 1.82) is 0 Å². The molecule has 0 unspecified atom stereocenters. The highest BCUT2D eigenvalue weighted by atomic mass is 32.2. The number of nitrogens with zero attached hydrogens (tertiary/aromatic N) is 4. The zero-order valence-electron chi connectivity index (χ0n) is 14.6. The molecule has 1 aromatic heterocycles. The molecule has 0 aromatic carbocycles. The minimum atomic E-state index is -3.52. The van der Waals surface area contributed by atoms with Crippen molar-refractivity contribution in [3.8, 4) is 0 Å². The maximum atomic E-state index is 12.4. The molecule has 2 aliphatic heterocycles. The van der Waals surface area contributed by atoms with Crippen LogP contribution in [-0.4, -0.2) is 54.6 Å². The summed E-state index contributed by atoms with van der Waals surface area (Å²) in [5, 5.41) is 4.98. The number of aromatic nitrogens is 2. The molecule has 9 heteroatoms. The van der Waals surface area contributed by atoms with Gasteiger partial charge in [0.15, 0.2) is 0 Å².